The maximum absolute atomic E-state index is 13.1. The van der Waals surface area contributed by atoms with Crippen molar-refractivity contribution in [2.24, 2.45) is 0 Å². The molecule has 1 aromatic heterocycles. The molecule has 1 amide bonds. The van der Waals surface area contributed by atoms with Crippen LogP contribution < -0.4 is 0 Å². The number of amides is 1. The van der Waals surface area contributed by atoms with Gasteiger partial charge in [0.05, 0.1) is 0 Å². The zero-order chi connectivity index (χ0) is 22.1. The molecule has 5 nitrogen and oxygen atoms in total. The average Bonchev–Trinajstić information content (AvgIpc) is 2.84. The van der Waals surface area contributed by atoms with Crippen molar-refractivity contribution in [2.45, 2.75) is 19.9 Å². The van der Waals surface area contributed by atoms with Crippen molar-refractivity contribution in [3.05, 3.63) is 88.2 Å². The first-order chi connectivity index (χ1) is 15.6. The smallest absolute Gasteiger partial charge is 0.253 e. The first-order valence-electron chi connectivity index (χ1n) is 11.2. The van der Waals surface area contributed by atoms with Gasteiger partial charge in [0.15, 0.2) is 0 Å². The Balaban J connectivity index is 1.20. The number of pyridine rings is 1. The number of nitrogens with zero attached hydrogens (tertiary/aromatic N) is 4. The van der Waals surface area contributed by atoms with E-state index in [9.17, 15) is 4.79 Å². The second-order valence-electron chi connectivity index (χ2n) is 8.52. The van der Waals surface area contributed by atoms with Crippen molar-refractivity contribution < 1.29 is 4.79 Å². The highest BCUT2D eigenvalue weighted by Gasteiger charge is 2.28. The molecule has 2 aromatic carbocycles. The van der Waals surface area contributed by atoms with Crippen molar-refractivity contribution in [1.29, 1.82) is 0 Å². The van der Waals surface area contributed by atoms with E-state index >= 15 is 0 Å². The lowest BCUT2D eigenvalue weighted by molar-refractivity contribution is -0.0626. The van der Waals surface area contributed by atoms with Crippen molar-refractivity contribution in [1.82, 2.24) is 19.9 Å². The van der Waals surface area contributed by atoms with Gasteiger partial charge >= 0.3 is 0 Å². The minimum Gasteiger partial charge on any atom is -0.336 e. The zero-order valence-corrected chi connectivity index (χ0v) is 19.1. The van der Waals surface area contributed by atoms with Crippen LogP contribution in [0, 0.1) is 6.92 Å². The molecule has 0 N–H and O–H groups in total. The molecule has 1 fully saturated rings. The molecule has 2 aliphatic rings. The number of piperazine rings is 1. The number of hydrogen-bond acceptors (Lipinski definition) is 4. The molecule has 3 aromatic rings. The van der Waals surface area contributed by atoms with Crippen LogP contribution >= 0.6 is 11.6 Å². The van der Waals surface area contributed by atoms with E-state index in [2.05, 4.69) is 27.1 Å². The molecule has 32 heavy (non-hydrogen) atoms. The Morgan fingerprint density at radius 2 is 1.69 bits per heavy atom. The molecular formula is C26H27ClN4O. The molecule has 1 saturated heterocycles. The monoisotopic (exact) mass is 446 g/mol. The van der Waals surface area contributed by atoms with E-state index in [-0.39, 0.29) is 5.91 Å². The predicted molar refractivity (Wildman–Crippen MR) is 127 cm³/mol. The fourth-order valence-electron chi connectivity index (χ4n) is 4.68. The Morgan fingerprint density at radius 1 is 0.906 bits per heavy atom. The number of rotatable bonds is 3. The third-order valence-corrected chi connectivity index (χ3v) is 6.85. The maximum Gasteiger partial charge on any atom is 0.253 e. The summed E-state index contributed by atoms with van der Waals surface area (Å²) < 4.78 is 0. The highest BCUT2D eigenvalue weighted by molar-refractivity contribution is 6.31. The van der Waals surface area contributed by atoms with Crippen molar-refractivity contribution in [2.75, 3.05) is 32.7 Å². The van der Waals surface area contributed by atoms with Gasteiger partial charge in [-0.15, -0.1) is 0 Å². The summed E-state index contributed by atoms with van der Waals surface area (Å²) in [5, 5.41) is 5.68. The summed E-state index contributed by atoms with van der Waals surface area (Å²) in [5.74, 6) is 0.109. The molecule has 0 spiro atoms. The van der Waals surface area contributed by atoms with Crippen LogP contribution in [-0.2, 0) is 13.0 Å². The van der Waals surface area contributed by atoms with Gasteiger partial charge in [0.2, 0.25) is 0 Å². The lowest BCUT2D eigenvalue weighted by atomic mass is 10.0. The lowest BCUT2D eigenvalue weighted by Gasteiger charge is -2.43. The first kappa shape index (κ1) is 21.1. The fourth-order valence-corrected chi connectivity index (χ4v) is 4.97. The SMILES string of the molecule is Cc1cc(-c2ccc(C(=O)N3CCN(N4CCc5c(Cl)cccc5C4)CC3)cc2)ccn1. The average molecular weight is 447 g/mol. The molecule has 5 rings (SSSR count). The van der Waals surface area contributed by atoms with Gasteiger partial charge in [0, 0.05) is 61.7 Å². The fraction of sp³-hybridized carbons (Fsp3) is 0.308. The number of carbonyl (C=O) groups is 1. The first-order valence-corrected chi connectivity index (χ1v) is 11.5. The van der Waals surface area contributed by atoms with Gasteiger partial charge in [-0.05, 0) is 65.9 Å². The van der Waals surface area contributed by atoms with E-state index in [1.165, 1.54) is 11.1 Å². The number of hydrogen-bond donors (Lipinski definition) is 0. The molecule has 3 heterocycles. The van der Waals surface area contributed by atoms with Crippen LogP contribution in [0.4, 0.5) is 0 Å². The number of aryl methyl sites for hydroxylation is 1. The molecule has 2 aliphatic heterocycles. The Labute approximate surface area is 194 Å². The topological polar surface area (TPSA) is 39.7 Å². The van der Waals surface area contributed by atoms with Crippen molar-refractivity contribution in [3.8, 4) is 11.1 Å². The zero-order valence-electron chi connectivity index (χ0n) is 18.3. The van der Waals surface area contributed by atoms with Gasteiger partial charge in [-0.3, -0.25) is 9.78 Å². The van der Waals surface area contributed by atoms with Gasteiger partial charge in [0.25, 0.3) is 5.91 Å². The summed E-state index contributed by atoms with van der Waals surface area (Å²) in [4.78, 5) is 19.3. The number of halogens is 1. The molecule has 6 heteroatoms. The summed E-state index contributed by atoms with van der Waals surface area (Å²) in [6.07, 6.45) is 2.79. The van der Waals surface area contributed by atoms with Gasteiger partial charge in [-0.2, -0.15) is 0 Å². The summed E-state index contributed by atoms with van der Waals surface area (Å²) in [7, 11) is 0. The molecule has 164 valence electrons. The number of carbonyl (C=O) groups excluding carboxylic acids is 1. The minimum atomic E-state index is 0.109. The van der Waals surface area contributed by atoms with E-state index in [0.29, 0.717) is 0 Å². The van der Waals surface area contributed by atoms with Gasteiger partial charge in [0.1, 0.15) is 0 Å². The van der Waals surface area contributed by atoms with Crippen molar-refractivity contribution in [3.63, 3.8) is 0 Å². The van der Waals surface area contributed by atoms with Crippen LogP contribution in [0.3, 0.4) is 0 Å². The highest BCUT2D eigenvalue weighted by atomic mass is 35.5. The van der Waals surface area contributed by atoms with Crippen LogP contribution in [0.15, 0.2) is 60.8 Å². The van der Waals surface area contributed by atoms with Crippen LogP contribution in [0.25, 0.3) is 11.1 Å². The van der Waals surface area contributed by atoms with Crippen molar-refractivity contribution >= 4 is 17.5 Å². The number of benzene rings is 2. The lowest BCUT2D eigenvalue weighted by Crippen LogP contribution is -2.55. The Morgan fingerprint density at radius 3 is 2.44 bits per heavy atom. The van der Waals surface area contributed by atoms with Gasteiger partial charge < -0.3 is 4.90 Å². The normalized spacial score (nSPS) is 17.2. The molecule has 0 radical (unpaired) electrons. The Hall–Kier alpha value is -2.73. The van der Waals surface area contributed by atoms with E-state index in [1.807, 2.05) is 60.5 Å². The highest BCUT2D eigenvalue weighted by Crippen LogP contribution is 2.27. The summed E-state index contributed by atoms with van der Waals surface area (Å²) >= 11 is 6.36. The number of fused-ring (bicyclic) bond motifs is 1. The van der Waals surface area contributed by atoms with Crippen LogP contribution in [0.2, 0.25) is 5.02 Å². The summed E-state index contributed by atoms with van der Waals surface area (Å²) in [5.41, 5.74) is 6.54. The summed E-state index contributed by atoms with van der Waals surface area (Å²) in [6.45, 7) is 7.04. The van der Waals surface area contributed by atoms with E-state index in [0.717, 1.165) is 73.1 Å². The predicted octanol–water partition coefficient (Wildman–Crippen LogP) is 4.44. The largest absolute Gasteiger partial charge is 0.336 e. The molecule has 0 saturated carbocycles. The Kier molecular flexibility index (Phi) is 5.96. The molecule has 0 atom stereocenters. The molecule has 0 unspecified atom stereocenters. The van der Waals surface area contributed by atoms with Gasteiger partial charge in [-0.1, -0.05) is 35.9 Å². The van der Waals surface area contributed by atoms with E-state index in [1.54, 1.807) is 0 Å². The second kappa shape index (κ2) is 9.02. The van der Waals surface area contributed by atoms with Crippen LogP contribution in [0.5, 0.6) is 0 Å². The van der Waals surface area contributed by atoms with Gasteiger partial charge in [-0.25, -0.2) is 10.0 Å². The molecule has 0 bridgehead atoms. The third kappa shape index (κ3) is 4.29. The third-order valence-electron chi connectivity index (χ3n) is 6.49. The second-order valence-corrected chi connectivity index (χ2v) is 8.93. The quantitative estimate of drug-likeness (QED) is 0.596. The van der Waals surface area contributed by atoms with Crippen LogP contribution in [-0.4, -0.2) is 58.5 Å². The maximum atomic E-state index is 13.1. The Bertz CT molecular complexity index is 1120. The van der Waals surface area contributed by atoms with E-state index in [4.69, 9.17) is 11.6 Å². The molecular weight excluding hydrogens is 420 g/mol. The number of aromatic nitrogens is 1. The van der Waals surface area contributed by atoms with Crippen LogP contribution in [0.1, 0.15) is 27.2 Å². The molecule has 0 aliphatic carbocycles. The standard InChI is InChI=1S/C26H27ClN4O/c1-19-17-22(9-11-28-19)20-5-7-21(8-6-20)26(32)29-13-15-30(16-14-29)31-12-10-24-23(18-31)3-2-4-25(24)27/h2-9,11,17H,10,12-16,18H2,1H3. The number of hydrazine groups is 1. The van der Waals surface area contributed by atoms with E-state index < -0.39 is 0 Å². The summed E-state index contributed by atoms with van der Waals surface area (Å²) in [6, 6.07) is 18.1. The minimum absolute atomic E-state index is 0.109.